The average molecular weight is 322 g/mol. The second-order valence-electron chi connectivity index (χ2n) is 4.57. The molecule has 0 fully saturated rings. The number of aromatic nitrogens is 2. The molecular formula is C15H13Cl2N3O. The molecular weight excluding hydrogens is 309 g/mol. The maximum absolute atomic E-state index is 8.80. The largest absolute Gasteiger partial charge is 0.395 e. The van der Waals surface area contributed by atoms with Gasteiger partial charge in [0.25, 0.3) is 0 Å². The van der Waals surface area contributed by atoms with Crippen molar-refractivity contribution >= 4 is 39.9 Å². The van der Waals surface area contributed by atoms with E-state index >= 15 is 0 Å². The van der Waals surface area contributed by atoms with Crippen LogP contribution in [0.25, 0.3) is 16.7 Å². The molecule has 2 aromatic carbocycles. The zero-order valence-electron chi connectivity index (χ0n) is 11.1. The molecule has 0 atom stereocenters. The molecule has 4 nitrogen and oxygen atoms in total. The fourth-order valence-electron chi connectivity index (χ4n) is 2.15. The van der Waals surface area contributed by atoms with Crippen LogP contribution in [-0.2, 0) is 0 Å². The van der Waals surface area contributed by atoms with Crippen molar-refractivity contribution in [3.63, 3.8) is 0 Å². The van der Waals surface area contributed by atoms with E-state index in [9.17, 15) is 0 Å². The van der Waals surface area contributed by atoms with E-state index in [4.69, 9.17) is 28.3 Å². The number of aliphatic hydroxyl groups is 1. The van der Waals surface area contributed by atoms with E-state index in [1.165, 1.54) is 0 Å². The molecule has 0 radical (unpaired) electrons. The molecule has 0 bridgehead atoms. The molecule has 3 aromatic rings. The quantitative estimate of drug-likeness (QED) is 0.769. The predicted molar refractivity (Wildman–Crippen MR) is 86.7 cm³/mol. The van der Waals surface area contributed by atoms with Gasteiger partial charge in [-0.3, -0.25) is 4.57 Å². The number of imidazole rings is 1. The SMILES string of the molecule is OCCNc1ccc(-n2cnc3cc(Cl)c(Cl)cc32)cc1. The van der Waals surface area contributed by atoms with E-state index < -0.39 is 0 Å². The van der Waals surface area contributed by atoms with Crippen molar-refractivity contribution in [1.29, 1.82) is 0 Å². The first-order chi connectivity index (χ1) is 10.2. The van der Waals surface area contributed by atoms with Gasteiger partial charge in [0.2, 0.25) is 0 Å². The second-order valence-corrected chi connectivity index (χ2v) is 5.38. The van der Waals surface area contributed by atoms with Crippen molar-refractivity contribution in [2.45, 2.75) is 0 Å². The fourth-order valence-corrected chi connectivity index (χ4v) is 2.47. The number of nitrogens with zero attached hydrogens (tertiary/aromatic N) is 2. The van der Waals surface area contributed by atoms with E-state index in [0.717, 1.165) is 22.4 Å². The van der Waals surface area contributed by atoms with Gasteiger partial charge in [-0.25, -0.2) is 4.98 Å². The number of halogens is 2. The number of benzene rings is 2. The maximum atomic E-state index is 8.80. The Labute approximate surface area is 131 Å². The van der Waals surface area contributed by atoms with Crippen LogP contribution in [0.15, 0.2) is 42.7 Å². The van der Waals surface area contributed by atoms with Crippen molar-refractivity contribution in [2.24, 2.45) is 0 Å². The van der Waals surface area contributed by atoms with Crippen molar-refractivity contribution in [3.05, 3.63) is 52.8 Å². The highest BCUT2D eigenvalue weighted by atomic mass is 35.5. The van der Waals surface area contributed by atoms with Crippen LogP contribution >= 0.6 is 23.2 Å². The first-order valence-electron chi connectivity index (χ1n) is 6.46. The van der Waals surface area contributed by atoms with Crippen LogP contribution in [0.1, 0.15) is 0 Å². The Bertz CT molecular complexity index is 768. The first-order valence-corrected chi connectivity index (χ1v) is 7.22. The van der Waals surface area contributed by atoms with Crippen LogP contribution in [0, 0.1) is 0 Å². The Hall–Kier alpha value is -1.75. The third-order valence-electron chi connectivity index (χ3n) is 3.18. The van der Waals surface area contributed by atoms with Gasteiger partial charge in [-0.05, 0) is 36.4 Å². The lowest BCUT2D eigenvalue weighted by Gasteiger charge is -2.08. The molecule has 1 aromatic heterocycles. The summed E-state index contributed by atoms with van der Waals surface area (Å²) in [6.07, 6.45) is 1.74. The molecule has 1 heterocycles. The molecule has 6 heteroatoms. The molecule has 0 aliphatic heterocycles. The minimum absolute atomic E-state index is 0.104. The van der Waals surface area contributed by atoms with Gasteiger partial charge in [0.1, 0.15) is 6.33 Å². The predicted octanol–water partition coefficient (Wildman–Crippen LogP) is 3.74. The van der Waals surface area contributed by atoms with E-state index in [-0.39, 0.29) is 6.61 Å². The van der Waals surface area contributed by atoms with Crippen molar-refractivity contribution in [3.8, 4) is 5.69 Å². The third-order valence-corrected chi connectivity index (χ3v) is 3.90. The highest BCUT2D eigenvalue weighted by Crippen LogP contribution is 2.28. The number of hydrogen-bond acceptors (Lipinski definition) is 3. The van der Waals surface area contributed by atoms with Crippen LogP contribution in [-0.4, -0.2) is 27.8 Å². The smallest absolute Gasteiger partial charge is 0.100 e. The molecule has 0 saturated heterocycles. The molecule has 0 unspecified atom stereocenters. The lowest BCUT2D eigenvalue weighted by molar-refractivity contribution is 0.311. The lowest BCUT2D eigenvalue weighted by atomic mass is 10.2. The molecule has 21 heavy (non-hydrogen) atoms. The van der Waals surface area contributed by atoms with Crippen LogP contribution in [0.5, 0.6) is 0 Å². The Morgan fingerprint density at radius 2 is 1.81 bits per heavy atom. The minimum atomic E-state index is 0.104. The van der Waals surface area contributed by atoms with Crippen molar-refractivity contribution < 1.29 is 5.11 Å². The third kappa shape index (κ3) is 2.83. The normalized spacial score (nSPS) is 11.0. The fraction of sp³-hybridized carbons (Fsp3) is 0.133. The molecule has 2 N–H and O–H groups in total. The molecule has 0 aliphatic carbocycles. The van der Waals surface area contributed by atoms with Gasteiger partial charge in [-0.1, -0.05) is 23.2 Å². The van der Waals surface area contributed by atoms with E-state index in [1.54, 1.807) is 12.4 Å². The van der Waals surface area contributed by atoms with Gasteiger partial charge in [0, 0.05) is 17.9 Å². The highest BCUT2D eigenvalue weighted by Gasteiger charge is 2.08. The average Bonchev–Trinajstić information content (AvgIpc) is 2.89. The van der Waals surface area contributed by atoms with Gasteiger partial charge >= 0.3 is 0 Å². The molecule has 0 amide bonds. The summed E-state index contributed by atoms with van der Waals surface area (Å²) in [7, 11) is 0. The van der Waals surface area contributed by atoms with Gasteiger partial charge in [0.05, 0.1) is 27.7 Å². The highest BCUT2D eigenvalue weighted by molar-refractivity contribution is 6.42. The van der Waals surface area contributed by atoms with E-state index in [1.807, 2.05) is 34.9 Å². The number of rotatable bonds is 4. The molecule has 108 valence electrons. The monoisotopic (exact) mass is 321 g/mol. The molecule has 0 saturated carbocycles. The van der Waals surface area contributed by atoms with Crippen LogP contribution < -0.4 is 5.32 Å². The van der Waals surface area contributed by atoms with Gasteiger partial charge in [-0.15, -0.1) is 0 Å². The topological polar surface area (TPSA) is 50.1 Å². The summed E-state index contributed by atoms with van der Waals surface area (Å²) in [5, 5.41) is 12.9. The van der Waals surface area contributed by atoms with Gasteiger partial charge < -0.3 is 10.4 Å². The summed E-state index contributed by atoms with van der Waals surface area (Å²) in [5.74, 6) is 0. The minimum Gasteiger partial charge on any atom is -0.395 e. The standard InChI is InChI=1S/C15H13Cl2N3O/c16-12-7-14-15(8-13(12)17)20(9-19-14)11-3-1-10(2-4-11)18-5-6-21/h1-4,7-9,18,21H,5-6H2. The summed E-state index contributed by atoms with van der Waals surface area (Å²) in [6.45, 7) is 0.634. The van der Waals surface area contributed by atoms with E-state index in [0.29, 0.717) is 16.6 Å². The van der Waals surface area contributed by atoms with Gasteiger partial charge in [-0.2, -0.15) is 0 Å². The molecule has 3 rings (SSSR count). The molecule has 0 aliphatic rings. The number of fused-ring (bicyclic) bond motifs is 1. The first kappa shape index (κ1) is 14.2. The van der Waals surface area contributed by atoms with E-state index in [2.05, 4.69) is 10.3 Å². The zero-order chi connectivity index (χ0) is 14.8. The van der Waals surface area contributed by atoms with Crippen LogP contribution in [0.3, 0.4) is 0 Å². The number of nitrogens with one attached hydrogen (secondary N) is 1. The Kier molecular flexibility index (Phi) is 4.01. The summed E-state index contributed by atoms with van der Waals surface area (Å²) in [4.78, 5) is 4.34. The lowest BCUT2D eigenvalue weighted by Crippen LogP contribution is -2.05. The van der Waals surface area contributed by atoms with Crippen LogP contribution in [0.2, 0.25) is 10.0 Å². The van der Waals surface area contributed by atoms with Gasteiger partial charge in [0.15, 0.2) is 0 Å². The number of aliphatic hydroxyl groups excluding tert-OH is 1. The molecule has 0 spiro atoms. The summed E-state index contributed by atoms with van der Waals surface area (Å²) < 4.78 is 1.95. The summed E-state index contributed by atoms with van der Waals surface area (Å²) in [6, 6.07) is 11.4. The summed E-state index contributed by atoms with van der Waals surface area (Å²) >= 11 is 12.1. The second kappa shape index (κ2) is 5.93. The Morgan fingerprint density at radius 1 is 1.10 bits per heavy atom. The van der Waals surface area contributed by atoms with Crippen LogP contribution in [0.4, 0.5) is 5.69 Å². The number of anilines is 1. The summed E-state index contributed by atoms with van der Waals surface area (Å²) in [5.41, 5.74) is 3.64. The van der Waals surface area contributed by atoms with Crippen molar-refractivity contribution in [1.82, 2.24) is 9.55 Å². The Morgan fingerprint density at radius 3 is 2.52 bits per heavy atom. The number of hydrogen-bond donors (Lipinski definition) is 2. The zero-order valence-corrected chi connectivity index (χ0v) is 12.6. The maximum Gasteiger partial charge on any atom is 0.100 e. The van der Waals surface area contributed by atoms with Crippen molar-refractivity contribution in [2.75, 3.05) is 18.5 Å². The Balaban J connectivity index is 1.98.